The van der Waals surface area contributed by atoms with Crippen molar-refractivity contribution in [2.24, 2.45) is 16.5 Å². The maximum Gasteiger partial charge on any atom is 0.232 e. The first kappa shape index (κ1) is 16.8. The summed E-state index contributed by atoms with van der Waals surface area (Å²) in [4.78, 5) is 13.4. The summed E-state index contributed by atoms with van der Waals surface area (Å²) in [5, 5.41) is 16.2. The summed E-state index contributed by atoms with van der Waals surface area (Å²) in [6.07, 6.45) is -1.47. The third-order valence-corrected chi connectivity index (χ3v) is 4.78. The Balaban J connectivity index is 1.65. The zero-order valence-electron chi connectivity index (χ0n) is 11.6. The van der Waals surface area contributed by atoms with Gasteiger partial charge in [-0.2, -0.15) is 0 Å². The topological polar surface area (TPSA) is 157 Å². The SMILES string of the molecule is NC1NC=NC(N[C@@H]2O[C@@]3(COP(O)S)COC2C3O)C1N. The normalized spacial score (nSPS) is 48.4. The highest BCUT2D eigenvalue weighted by atomic mass is 32.7. The third kappa shape index (κ3) is 2.98. The van der Waals surface area contributed by atoms with Gasteiger partial charge in [-0.1, -0.05) is 12.2 Å². The smallest absolute Gasteiger partial charge is 0.232 e. The third-order valence-electron chi connectivity index (χ3n) is 4.07. The van der Waals surface area contributed by atoms with Crippen LogP contribution in [0.4, 0.5) is 0 Å². The van der Waals surface area contributed by atoms with E-state index >= 15 is 0 Å². The Morgan fingerprint density at radius 3 is 3.09 bits per heavy atom. The molecule has 8 N–H and O–H groups in total. The summed E-state index contributed by atoms with van der Waals surface area (Å²) in [7, 11) is -1.84. The molecular weight excluding hydrogens is 333 g/mol. The molecule has 2 fully saturated rings. The first-order chi connectivity index (χ1) is 10.4. The lowest BCUT2D eigenvalue weighted by Crippen LogP contribution is -2.64. The molecule has 22 heavy (non-hydrogen) atoms. The molecule has 0 amide bonds. The minimum atomic E-state index is -1.84. The van der Waals surface area contributed by atoms with E-state index in [1.54, 1.807) is 0 Å². The van der Waals surface area contributed by atoms with Crippen LogP contribution in [-0.4, -0.2) is 72.0 Å². The molecule has 0 aromatic heterocycles. The molecule has 2 bridgehead atoms. The van der Waals surface area contributed by atoms with Crippen LogP contribution in [-0.2, 0) is 14.0 Å². The summed E-state index contributed by atoms with van der Waals surface area (Å²) in [6, 6.07) is -0.459. The lowest BCUT2D eigenvalue weighted by molar-refractivity contribution is -0.169. The number of thiol groups is 1. The van der Waals surface area contributed by atoms with Gasteiger partial charge in [0.05, 0.1) is 31.8 Å². The minimum absolute atomic E-state index is 0.0182. The monoisotopic (exact) mass is 353 g/mol. The fourth-order valence-electron chi connectivity index (χ4n) is 2.79. The molecule has 0 aromatic carbocycles. The van der Waals surface area contributed by atoms with Gasteiger partial charge in [0.15, 0.2) is 0 Å². The molecule has 12 heteroatoms. The van der Waals surface area contributed by atoms with Crippen molar-refractivity contribution in [2.45, 2.75) is 42.4 Å². The molecule has 0 radical (unpaired) electrons. The van der Waals surface area contributed by atoms with Crippen molar-refractivity contribution < 1.29 is 24.0 Å². The second-order valence-electron chi connectivity index (χ2n) is 5.51. The standard InChI is InChI=1S/C10H20N5O5PS/c11-4-7(12)13-3-14-8(4)15-9-5-6(16)10(20-9,1-18-5)2-19-21(17)22/h3-9,15-17,22H,1-2,11-12H2,(H,13,14)/t4?,5?,6?,7?,8?,9-,10-,21?/m1/s1. The summed E-state index contributed by atoms with van der Waals surface area (Å²) in [5.41, 5.74) is 10.8. The Morgan fingerprint density at radius 2 is 2.36 bits per heavy atom. The number of nitrogens with two attached hydrogens (primary N) is 2. The van der Waals surface area contributed by atoms with E-state index in [9.17, 15) is 10.00 Å². The van der Waals surface area contributed by atoms with E-state index < -0.39 is 50.0 Å². The van der Waals surface area contributed by atoms with Crippen LogP contribution in [0.2, 0.25) is 0 Å². The molecule has 8 atom stereocenters. The predicted octanol–water partition coefficient (Wildman–Crippen LogP) is -2.83. The maximum atomic E-state index is 10.3. The molecule has 3 aliphatic rings. The van der Waals surface area contributed by atoms with Crippen LogP contribution in [0.3, 0.4) is 0 Å². The van der Waals surface area contributed by atoms with Crippen LogP contribution in [0, 0.1) is 0 Å². The van der Waals surface area contributed by atoms with Crippen molar-refractivity contribution in [3.05, 3.63) is 0 Å². The quantitative estimate of drug-likeness (QED) is 0.204. The highest BCUT2D eigenvalue weighted by Gasteiger charge is 2.61. The van der Waals surface area contributed by atoms with Gasteiger partial charge >= 0.3 is 0 Å². The van der Waals surface area contributed by atoms with Gasteiger partial charge in [0.25, 0.3) is 0 Å². The van der Waals surface area contributed by atoms with Crippen molar-refractivity contribution in [3.8, 4) is 0 Å². The van der Waals surface area contributed by atoms with Crippen LogP contribution in [0.1, 0.15) is 0 Å². The van der Waals surface area contributed by atoms with Gasteiger partial charge in [0.1, 0.15) is 30.2 Å². The summed E-state index contributed by atoms with van der Waals surface area (Å²) < 4.78 is 16.5. The van der Waals surface area contributed by atoms with Crippen LogP contribution in [0.15, 0.2) is 4.99 Å². The number of nitrogens with one attached hydrogen (secondary N) is 2. The van der Waals surface area contributed by atoms with Crippen LogP contribution in [0.25, 0.3) is 0 Å². The molecule has 3 rings (SSSR count). The number of hydrogen-bond acceptors (Lipinski definition) is 11. The van der Waals surface area contributed by atoms with E-state index in [-0.39, 0.29) is 13.2 Å². The number of hydrogen-bond donors (Lipinski definition) is 7. The second kappa shape index (κ2) is 6.44. The highest BCUT2D eigenvalue weighted by Crippen LogP contribution is 2.44. The number of aliphatic hydroxyl groups is 1. The molecule has 126 valence electrons. The van der Waals surface area contributed by atoms with E-state index in [0.717, 1.165) is 0 Å². The molecule has 0 saturated carbocycles. The van der Waals surface area contributed by atoms with E-state index in [2.05, 4.69) is 27.9 Å². The van der Waals surface area contributed by atoms with Gasteiger partial charge in [-0.15, -0.1) is 0 Å². The first-order valence-corrected chi connectivity index (χ1v) is 9.13. The summed E-state index contributed by atoms with van der Waals surface area (Å²) in [5.74, 6) is 0. The number of ether oxygens (including phenoxy) is 2. The Bertz CT molecular complexity index is 448. The number of nitrogens with zero attached hydrogens (tertiary/aromatic N) is 1. The average molecular weight is 353 g/mol. The zero-order chi connectivity index (χ0) is 15.9. The average Bonchev–Trinajstić information content (AvgIpc) is 2.92. The summed E-state index contributed by atoms with van der Waals surface area (Å²) >= 11 is 3.79. The minimum Gasteiger partial charge on any atom is -0.387 e. The number of fused-ring (bicyclic) bond motifs is 2. The zero-order valence-corrected chi connectivity index (χ0v) is 13.4. The Labute approximate surface area is 133 Å². The summed E-state index contributed by atoms with van der Waals surface area (Å²) in [6.45, 7) is 0.157. The first-order valence-electron chi connectivity index (χ1n) is 6.76. The molecule has 3 heterocycles. The van der Waals surface area contributed by atoms with Crippen LogP contribution < -0.4 is 22.1 Å². The van der Waals surface area contributed by atoms with Crippen molar-refractivity contribution in [1.82, 2.24) is 10.6 Å². The van der Waals surface area contributed by atoms with Crippen molar-refractivity contribution >= 4 is 26.2 Å². The second-order valence-corrected chi connectivity index (χ2v) is 7.30. The molecule has 3 aliphatic heterocycles. The molecule has 0 aliphatic carbocycles. The van der Waals surface area contributed by atoms with E-state index in [1.807, 2.05) is 0 Å². The van der Waals surface area contributed by atoms with Gasteiger partial charge in [-0.05, 0) is 0 Å². The highest BCUT2D eigenvalue weighted by molar-refractivity contribution is 8.41. The Morgan fingerprint density at radius 1 is 1.59 bits per heavy atom. The van der Waals surface area contributed by atoms with Crippen molar-refractivity contribution in [2.75, 3.05) is 13.2 Å². The van der Waals surface area contributed by atoms with E-state index in [1.165, 1.54) is 6.34 Å². The Hall–Kier alpha value is -0.0700. The van der Waals surface area contributed by atoms with E-state index in [4.69, 9.17) is 25.5 Å². The van der Waals surface area contributed by atoms with Crippen LogP contribution >= 0.6 is 19.8 Å². The van der Waals surface area contributed by atoms with Crippen molar-refractivity contribution in [1.29, 1.82) is 0 Å². The Kier molecular flexibility index (Phi) is 4.91. The molecule has 2 saturated heterocycles. The molecule has 0 aromatic rings. The molecule has 0 spiro atoms. The largest absolute Gasteiger partial charge is 0.387 e. The van der Waals surface area contributed by atoms with Gasteiger partial charge in [-0.3, -0.25) is 10.3 Å². The fourth-order valence-corrected chi connectivity index (χ4v) is 3.29. The number of aliphatic hydroxyl groups excluding tert-OH is 1. The molecule has 10 nitrogen and oxygen atoms in total. The van der Waals surface area contributed by atoms with Gasteiger partial charge in [0.2, 0.25) is 7.58 Å². The van der Waals surface area contributed by atoms with Crippen LogP contribution in [0.5, 0.6) is 0 Å². The maximum absolute atomic E-state index is 10.3. The number of aliphatic imine (C=N–C) groups is 1. The van der Waals surface area contributed by atoms with Gasteiger partial charge in [-0.25, -0.2) is 0 Å². The van der Waals surface area contributed by atoms with Gasteiger partial charge in [0, 0.05) is 0 Å². The van der Waals surface area contributed by atoms with E-state index in [0.29, 0.717) is 0 Å². The van der Waals surface area contributed by atoms with Crippen molar-refractivity contribution in [3.63, 3.8) is 0 Å². The fraction of sp³-hybridized carbons (Fsp3) is 0.900. The lowest BCUT2D eigenvalue weighted by Gasteiger charge is -2.35. The predicted molar refractivity (Wildman–Crippen MR) is 81.9 cm³/mol. The number of rotatable bonds is 5. The molecule has 6 unspecified atom stereocenters. The lowest BCUT2D eigenvalue weighted by atomic mass is 10.0. The molecular formula is C10H20N5O5PS. The van der Waals surface area contributed by atoms with Gasteiger partial charge < -0.3 is 40.8 Å².